The molecule has 13 heavy (non-hydrogen) atoms. The summed E-state index contributed by atoms with van der Waals surface area (Å²) in [5.74, 6) is 0. The van der Waals surface area contributed by atoms with Gasteiger partial charge in [0.05, 0.1) is 11.7 Å². The lowest BCUT2D eigenvalue weighted by Crippen LogP contribution is -2.13. The fourth-order valence-electron chi connectivity index (χ4n) is 1.17. The predicted octanol–water partition coefficient (Wildman–Crippen LogP) is -0.0183. The molecule has 0 unspecified atom stereocenters. The highest BCUT2D eigenvalue weighted by atomic mass is 32.2. The van der Waals surface area contributed by atoms with Crippen LogP contribution in [0, 0.1) is 0 Å². The molecular formula is C7H7N3O2S. The minimum atomic E-state index is -3.66. The molecule has 2 aromatic heterocycles. The zero-order chi connectivity index (χ0) is 9.47. The molecule has 0 aliphatic carbocycles. The van der Waals surface area contributed by atoms with Crippen molar-refractivity contribution in [3.8, 4) is 0 Å². The van der Waals surface area contributed by atoms with Gasteiger partial charge in [-0.05, 0) is 18.2 Å². The molecule has 0 radical (unpaired) electrons. The maximum Gasteiger partial charge on any atom is 0.240 e. The molecule has 68 valence electrons. The number of primary sulfonamides is 1. The summed E-state index contributed by atoms with van der Waals surface area (Å²) >= 11 is 0. The zero-order valence-electron chi connectivity index (χ0n) is 6.58. The second kappa shape index (κ2) is 2.54. The first-order chi connectivity index (χ1) is 6.09. The van der Waals surface area contributed by atoms with E-state index in [-0.39, 0.29) is 4.90 Å². The molecule has 0 saturated heterocycles. The van der Waals surface area contributed by atoms with Gasteiger partial charge in [-0.3, -0.25) is 0 Å². The minimum Gasteiger partial charge on any atom is -0.240 e. The van der Waals surface area contributed by atoms with Crippen molar-refractivity contribution in [3.05, 3.63) is 30.6 Å². The quantitative estimate of drug-likeness (QED) is 0.698. The molecule has 0 atom stereocenters. The molecule has 0 fully saturated rings. The van der Waals surface area contributed by atoms with Gasteiger partial charge in [0.15, 0.2) is 0 Å². The molecule has 2 aromatic rings. The van der Waals surface area contributed by atoms with Crippen molar-refractivity contribution >= 4 is 15.5 Å². The van der Waals surface area contributed by atoms with E-state index in [0.29, 0.717) is 5.52 Å². The van der Waals surface area contributed by atoms with Crippen molar-refractivity contribution in [1.29, 1.82) is 0 Å². The predicted molar refractivity (Wildman–Crippen MR) is 46.6 cm³/mol. The second-order valence-corrected chi connectivity index (χ2v) is 4.11. The van der Waals surface area contributed by atoms with Crippen molar-refractivity contribution in [2.24, 2.45) is 5.14 Å². The van der Waals surface area contributed by atoms with Crippen LogP contribution >= 0.6 is 0 Å². The highest BCUT2D eigenvalue weighted by Crippen LogP contribution is 2.13. The summed E-state index contributed by atoms with van der Waals surface area (Å²) in [6, 6.07) is 4.63. The normalized spacial score (nSPS) is 12.1. The molecule has 0 aromatic carbocycles. The number of nitrogens with two attached hydrogens (primary N) is 1. The van der Waals surface area contributed by atoms with Crippen LogP contribution in [0.25, 0.3) is 5.52 Å². The Morgan fingerprint density at radius 3 is 2.85 bits per heavy atom. The van der Waals surface area contributed by atoms with Gasteiger partial charge >= 0.3 is 0 Å². The maximum atomic E-state index is 11.1. The molecule has 0 bridgehead atoms. The van der Waals surface area contributed by atoms with E-state index in [4.69, 9.17) is 5.14 Å². The van der Waals surface area contributed by atoms with Gasteiger partial charge in [-0.1, -0.05) is 0 Å². The van der Waals surface area contributed by atoms with E-state index in [2.05, 4.69) is 5.10 Å². The molecule has 2 N–H and O–H groups in total. The van der Waals surface area contributed by atoms with E-state index >= 15 is 0 Å². The topological polar surface area (TPSA) is 77.5 Å². The smallest absolute Gasteiger partial charge is 0.240 e. The zero-order valence-corrected chi connectivity index (χ0v) is 7.40. The first-order valence-electron chi connectivity index (χ1n) is 3.54. The molecule has 0 saturated carbocycles. The lowest BCUT2D eigenvalue weighted by atomic mass is 10.4. The number of fused-ring (bicyclic) bond motifs is 1. The Bertz CT molecular complexity index is 544. The Morgan fingerprint density at radius 2 is 2.15 bits per heavy atom. The number of aromatic nitrogens is 2. The van der Waals surface area contributed by atoms with Gasteiger partial charge < -0.3 is 0 Å². The number of pyridine rings is 1. The molecule has 0 aliphatic rings. The number of hydrogen-bond acceptors (Lipinski definition) is 3. The molecule has 0 spiro atoms. The maximum absolute atomic E-state index is 11.1. The summed E-state index contributed by atoms with van der Waals surface area (Å²) in [6.07, 6.45) is 3.17. The van der Waals surface area contributed by atoms with E-state index < -0.39 is 10.0 Å². The van der Waals surface area contributed by atoms with Gasteiger partial charge in [0.1, 0.15) is 4.90 Å². The average Bonchev–Trinajstić information content (AvgIpc) is 2.48. The number of rotatable bonds is 1. The average molecular weight is 197 g/mol. The number of sulfonamides is 1. The Labute approximate surface area is 74.8 Å². The largest absolute Gasteiger partial charge is 0.240 e. The van der Waals surface area contributed by atoms with Gasteiger partial charge in [0, 0.05) is 6.20 Å². The first kappa shape index (κ1) is 8.21. The van der Waals surface area contributed by atoms with E-state index in [0.717, 1.165) is 0 Å². The van der Waals surface area contributed by atoms with Crippen LogP contribution in [0.3, 0.4) is 0 Å². The van der Waals surface area contributed by atoms with Crippen molar-refractivity contribution in [2.75, 3.05) is 0 Å². The van der Waals surface area contributed by atoms with Crippen molar-refractivity contribution in [1.82, 2.24) is 9.61 Å². The van der Waals surface area contributed by atoms with Gasteiger partial charge in [-0.2, -0.15) is 5.10 Å². The van der Waals surface area contributed by atoms with E-state index in [9.17, 15) is 8.42 Å². The molecule has 5 nitrogen and oxygen atoms in total. The fourth-order valence-corrected chi connectivity index (χ4v) is 1.89. The van der Waals surface area contributed by atoms with Crippen LogP contribution < -0.4 is 5.14 Å². The van der Waals surface area contributed by atoms with Gasteiger partial charge in [-0.15, -0.1) is 0 Å². The molecule has 2 heterocycles. The van der Waals surface area contributed by atoms with Crippen LogP contribution in [-0.2, 0) is 10.0 Å². The SMILES string of the molecule is NS(=O)(=O)c1cccn2nccc12. The van der Waals surface area contributed by atoms with Gasteiger partial charge in [0.2, 0.25) is 10.0 Å². The molecule has 0 amide bonds. The van der Waals surface area contributed by atoms with E-state index in [1.165, 1.54) is 16.8 Å². The Hall–Kier alpha value is -1.40. The highest BCUT2D eigenvalue weighted by molar-refractivity contribution is 7.89. The highest BCUT2D eigenvalue weighted by Gasteiger charge is 2.11. The lowest BCUT2D eigenvalue weighted by Gasteiger charge is -1.99. The summed E-state index contributed by atoms with van der Waals surface area (Å²) in [5, 5.41) is 8.90. The van der Waals surface area contributed by atoms with Crippen LogP contribution in [0.1, 0.15) is 0 Å². The Morgan fingerprint density at radius 1 is 1.38 bits per heavy atom. The number of nitrogens with zero attached hydrogens (tertiary/aromatic N) is 2. The van der Waals surface area contributed by atoms with Gasteiger partial charge in [-0.25, -0.2) is 18.1 Å². The van der Waals surface area contributed by atoms with Crippen LogP contribution in [0.15, 0.2) is 35.5 Å². The van der Waals surface area contributed by atoms with Crippen molar-refractivity contribution < 1.29 is 8.42 Å². The van der Waals surface area contributed by atoms with Crippen LogP contribution in [0.5, 0.6) is 0 Å². The molecule has 6 heteroatoms. The monoisotopic (exact) mass is 197 g/mol. The van der Waals surface area contributed by atoms with Crippen LogP contribution in [0.4, 0.5) is 0 Å². The van der Waals surface area contributed by atoms with Gasteiger partial charge in [0.25, 0.3) is 0 Å². The van der Waals surface area contributed by atoms with Crippen molar-refractivity contribution in [2.45, 2.75) is 4.90 Å². The first-order valence-corrected chi connectivity index (χ1v) is 5.09. The minimum absolute atomic E-state index is 0.0903. The van der Waals surface area contributed by atoms with Crippen LogP contribution in [-0.4, -0.2) is 18.0 Å². The van der Waals surface area contributed by atoms with Crippen LogP contribution in [0.2, 0.25) is 0 Å². The third-order valence-electron chi connectivity index (χ3n) is 1.70. The number of hydrogen-bond donors (Lipinski definition) is 1. The third-order valence-corrected chi connectivity index (χ3v) is 2.66. The molecular weight excluding hydrogens is 190 g/mol. The summed E-state index contributed by atoms with van der Waals surface area (Å²) in [6.45, 7) is 0. The Balaban J connectivity index is 2.91. The summed E-state index contributed by atoms with van der Waals surface area (Å²) in [5.41, 5.74) is 0.491. The standard InChI is InChI=1S/C7H7N3O2S/c8-13(11,12)7-2-1-5-10-6(7)3-4-9-10/h1-5H,(H2,8,11,12). The molecule has 2 rings (SSSR count). The van der Waals surface area contributed by atoms with E-state index in [1.54, 1.807) is 18.3 Å². The summed E-state index contributed by atoms with van der Waals surface area (Å²) < 4.78 is 23.6. The Kier molecular flexibility index (Phi) is 1.61. The second-order valence-electron chi connectivity index (χ2n) is 2.58. The summed E-state index contributed by atoms with van der Waals surface area (Å²) in [7, 11) is -3.66. The van der Waals surface area contributed by atoms with E-state index in [1.807, 2.05) is 0 Å². The third kappa shape index (κ3) is 1.30. The summed E-state index contributed by atoms with van der Waals surface area (Å²) in [4.78, 5) is 0.0903. The lowest BCUT2D eigenvalue weighted by molar-refractivity contribution is 0.598. The fraction of sp³-hybridized carbons (Fsp3) is 0. The molecule has 0 aliphatic heterocycles. The van der Waals surface area contributed by atoms with Crippen molar-refractivity contribution in [3.63, 3.8) is 0 Å².